The molecule has 58 heavy (non-hydrogen) atoms. The van der Waals surface area contributed by atoms with Crippen LogP contribution in [0.3, 0.4) is 0 Å². The number of nitrogens with zero attached hydrogens (tertiary/aromatic N) is 6. The molecule has 0 saturated carbocycles. The third-order valence-corrected chi connectivity index (χ3v) is 11.6. The predicted molar refractivity (Wildman–Crippen MR) is 228 cm³/mol. The third-order valence-electron chi connectivity index (χ3n) is 11.3. The highest BCUT2D eigenvalue weighted by Gasteiger charge is 2.21. The lowest BCUT2D eigenvalue weighted by Gasteiger charge is -2.27. The molecule has 0 radical (unpaired) electrons. The second-order valence-electron chi connectivity index (χ2n) is 15.4. The number of ether oxygens (including phenoxy) is 2. The summed E-state index contributed by atoms with van der Waals surface area (Å²) in [5, 5.41) is 24.5. The quantitative estimate of drug-likeness (QED) is 0.117. The van der Waals surface area contributed by atoms with Crippen LogP contribution in [0.2, 0.25) is 5.02 Å². The molecular formula is C47H48ClN7O3. The van der Waals surface area contributed by atoms with Gasteiger partial charge in [-0.3, -0.25) is 19.8 Å². The number of fused-ring (bicyclic) bond motifs is 1. The Kier molecular flexibility index (Phi) is 12.1. The van der Waals surface area contributed by atoms with Crippen molar-refractivity contribution in [3.63, 3.8) is 0 Å². The van der Waals surface area contributed by atoms with Gasteiger partial charge in [0.05, 0.1) is 16.7 Å². The van der Waals surface area contributed by atoms with Crippen LogP contribution < -0.4 is 14.8 Å². The summed E-state index contributed by atoms with van der Waals surface area (Å²) in [7, 11) is 0. The van der Waals surface area contributed by atoms with E-state index in [9.17, 15) is 10.4 Å². The van der Waals surface area contributed by atoms with Gasteiger partial charge in [0.15, 0.2) is 5.82 Å². The molecule has 10 nitrogen and oxygen atoms in total. The minimum Gasteiger partial charge on any atom is -0.488 e. The lowest BCUT2D eigenvalue weighted by Crippen LogP contribution is -2.29. The summed E-state index contributed by atoms with van der Waals surface area (Å²) in [6, 6.07) is 24.6. The lowest BCUT2D eigenvalue weighted by molar-refractivity contribution is 0.175. The van der Waals surface area contributed by atoms with E-state index >= 15 is 0 Å². The molecule has 1 atom stereocenters. The summed E-state index contributed by atoms with van der Waals surface area (Å²) in [6.45, 7) is 10.0. The van der Waals surface area contributed by atoms with Gasteiger partial charge in [0.2, 0.25) is 0 Å². The minimum absolute atomic E-state index is 0.247. The highest BCUT2D eigenvalue weighted by Crippen LogP contribution is 2.37. The number of aliphatic hydroxyl groups excluding tert-OH is 1. The van der Waals surface area contributed by atoms with Crippen molar-refractivity contribution in [2.24, 2.45) is 0 Å². The maximum absolute atomic E-state index is 9.96. The highest BCUT2D eigenvalue weighted by atomic mass is 35.5. The summed E-state index contributed by atoms with van der Waals surface area (Å²) in [5.41, 5.74) is 10.7. The van der Waals surface area contributed by atoms with E-state index in [-0.39, 0.29) is 12.7 Å². The van der Waals surface area contributed by atoms with E-state index in [2.05, 4.69) is 87.5 Å². The van der Waals surface area contributed by atoms with Gasteiger partial charge in [-0.05, 0) is 110 Å². The number of aliphatic hydroxyl groups is 1. The molecule has 6 aromatic rings. The minimum atomic E-state index is -0.247. The predicted octanol–water partition coefficient (Wildman–Crippen LogP) is 9.29. The first-order valence-electron chi connectivity index (χ1n) is 20.0. The maximum atomic E-state index is 9.96. The number of benzene rings is 3. The van der Waals surface area contributed by atoms with Gasteiger partial charge in [-0.15, -0.1) is 0 Å². The lowest BCUT2D eigenvalue weighted by atomic mass is 9.93. The number of pyridine rings is 3. The summed E-state index contributed by atoms with van der Waals surface area (Å²) >= 11 is 6.92. The molecule has 2 fully saturated rings. The Morgan fingerprint density at radius 3 is 2.43 bits per heavy atom. The smallest absolute Gasteiger partial charge is 0.156 e. The van der Waals surface area contributed by atoms with Crippen LogP contribution in [0.5, 0.6) is 11.5 Å². The van der Waals surface area contributed by atoms with Crippen molar-refractivity contribution in [2.45, 2.75) is 71.9 Å². The Morgan fingerprint density at radius 1 is 0.810 bits per heavy atom. The zero-order valence-corrected chi connectivity index (χ0v) is 33.8. The topological polar surface area (TPSA) is 120 Å². The van der Waals surface area contributed by atoms with Gasteiger partial charge in [0.25, 0.3) is 0 Å². The van der Waals surface area contributed by atoms with Crippen molar-refractivity contribution >= 4 is 34.0 Å². The normalized spacial score (nSPS) is 16.0. The van der Waals surface area contributed by atoms with Gasteiger partial charge in [-0.25, -0.2) is 4.98 Å². The van der Waals surface area contributed by atoms with E-state index < -0.39 is 0 Å². The van der Waals surface area contributed by atoms with E-state index in [1.807, 2.05) is 30.6 Å². The Labute approximate surface area is 345 Å². The van der Waals surface area contributed by atoms with Gasteiger partial charge in [0, 0.05) is 79.2 Å². The highest BCUT2D eigenvalue weighted by molar-refractivity contribution is 6.32. The van der Waals surface area contributed by atoms with E-state index in [0.717, 1.165) is 100 Å². The van der Waals surface area contributed by atoms with Crippen LogP contribution in [0, 0.1) is 25.2 Å². The van der Waals surface area contributed by atoms with Crippen molar-refractivity contribution < 1.29 is 14.6 Å². The molecule has 0 spiro atoms. The number of nitriles is 1. The van der Waals surface area contributed by atoms with Crippen molar-refractivity contribution in [1.82, 2.24) is 24.8 Å². The number of β-amino-alcohol motifs (C(OH)–C–C–N with tert-alkyl or cyclic N) is 1. The molecule has 0 amide bonds. The van der Waals surface area contributed by atoms with Gasteiger partial charge in [0.1, 0.15) is 36.3 Å². The Morgan fingerprint density at radius 2 is 1.62 bits per heavy atom. The maximum Gasteiger partial charge on any atom is 0.156 e. The molecule has 2 aliphatic rings. The van der Waals surface area contributed by atoms with Crippen LogP contribution in [-0.2, 0) is 26.3 Å². The summed E-state index contributed by atoms with van der Waals surface area (Å²) < 4.78 is 12.9. The first kappa shape index (κ1) is 39.3. The molecule has 2 aliphatic heterocycles. The fraction of sp³-hybridized carbons (Fsp3) is 0.319. The van der Waals surface area contributed by atoms with Gasteiger partial charge >= 0.3 is 0 Å². The van der Waals surface area contributed by atoms with Crippen molar-refractivity contribution in [2.75, 3.05) is 31.5 Å². The number of piperidine rings is 1. The molecular weight excluding hydrogens is 746 g/mol. The van der Waals surface area contributed by atoms with Gasteiger partial charge < -0.3 is 19.9 Å². The standard InChI is InChI=1S/C47H48ClN7O3/c1-31-37(30-58-45-21-44(57-29-35-18-33(22-49)23-50-24-35)38(20-42(45)48)27-54-15-4-3-5-16-54)8-6-9-40(31)41-10-7-11-43(32(41)2)53-47-46-36(12-14-51-47)19-34(25-52-46)26-55-17-13-39(56)28-55/h6-12,14,18-21,23-25,39,56H,3-5,13,15-17,26-30H2,1-2H3,(H,51,53)/t39-/m1/s1. The Balaban J connectivity index is 1.00. The molecule has 0 unspecified atom stereocenters. The molecule has 2 N–H and O–H groups in total. The van der Waals surface area contributed by atoms with Crippen LogP contribution in [0.1, 0.15) is 64.6 Å². The van der Waals surface area contributed by atoms with E-state index in [0.29, 0.717) is 41.1 Å². The Bertz CT molecular complexity index is 2460. The molecule has 8 rings (SSSR count). The van der Waals surface area contributed by atoms with Crippen LogP contribution in [0.4, 0.5) is 11.5 Å². The molecule has 3 aromatic heterocycles. The summed E-state index contributed by atoms with van der Waals surface area (Å²) in [4.78, 5) is 18.4. The number of aromatic nitrogens is 3. The Hall–Kier alpha value is -5.57. The number of hydrogen-bond acceptors (Lipinski definition) is 10. The number of likely N-dealkylation sites (tertiary alicyclic amines) is 2. The summed E-state index contributed by atoms with van der Waals surface area (Å²) in [5.74, 6) is 1.96. The molecule has 0 aliphatic carbocycles. The van der Waals surface area contributed by atoms with Crippen LogP contribution in [0.25, 0.3) is 22.0 Å². The number of hydrogen-bond donors (Lipinski definition) is 2. The number of nitrogens with one attached hydrogen (secondary N) is 1. The van der Waals surface area contributed by atoms with Gasteiger partial charge in [-0.1, -0.05) is 48.4 Å². The largest absolute Gasteiger partial charge is 0.488 e. The first-order valence-corrected chi connectivity index (χ1v) is 20.4. The van der Waals surface area contributed by atoms with Crippen LogP contribution in [0.15, 0.2) is 91.5 Å². The van der Waals surface area contributed by atoms with Crippen molar-refractivity contribution in [3.05, 3.63) is 135 Å². The van der Waals surface area contributed by atoms with Crippen molar-refractivity contribution in [1.29, 1.82) is 5.26 Å². The average molecular weight is 794 g/mol. The zero-order valence-electron chi connectivity index (χ0n) is 33.0. The van der Waals surface area contributed by atoms with Crippen molar-refractivity contribution in [3.8, 4) is 28.7 Å². The average Bonchev–Trinajstić information content (AvgIpc) is 3.65. The molecule has 2 saturated heterocycles. The number of halogens is 1. The van der Waals surface area contributed by atoms with E-state index in [4.69, 9.17) is 26.1 Å². The number of rotatable bonds is 13. The third kappa shape index (κ3) is 9.09. The second-order valence-corrected chi connectivity index (χ2v) is 15.9. The first-order chi connectivity index (χ1) is 28.3. The monoisotopic (exact) mass is 793 g/mol. The van der Waals surface area contributed by atoms with Crippen LogP contribution in [-0.4, -0.2) is 62.1 Å². The molecule has 296 valence electrons. The molecule has 11 heteroatoms. The zero-order chi connectivity index (χ0) is 40.0. The molecule has 0 bridgehead atoms. The number of anilines is 2. The SMILES string of the molecule is Cc1c(COc2cc(OCc3cncc(C#N)c3)c(CN3CCCCC3)cc2Cl)cccc1-c1cccc(Nc2nccc3cc(CN4CC[C@@H](O)C4)cnc23)c1C. The summed E-state index contributed by atoms with van der Waals surface area (Å²) in [6.07, 6.45) is 11.2. The fourth-order valence-electron chi connectivity index (χ4n) is 8.07. The van der Waals surface area contributed by atoms with E-state index in [1.54, 1.807) is 18.5 Å². The van der Waals surface area contributed by atoms with Gasteiger partial charge in [-0.2, -0.15) is 5.26 Å². The fourth-order valence-corrected chi connectivity index (χ4v) is 8.31. The van der Waals surface area contributed by atoms with E-state index in [1.165, 1.54) is 19.3 Å². The molecule has 3 aromatic carbocycles. The van der Waals surface area contributed by atoms with Crippen LogP contribution >= 0.6 is 11.6 Å². The second kappa shape index (κ2) is 17.9. The molecule has 5 heterocycles.